The van der Waals surface area contributed by atoms with Crippen molar-refractivity contribution in [3.63, 3.8) is 0 Å². The monoisotopic (exact) mass is 447 g/mol. The molecule has 1 unspecified atom stereocenters. The lowest BCUT2D eigenvalue weighted by molar-refractivity contribution is -0.139. The molecule has 0 bridgehead atoms. The number of thiophene rings is 1. The Balaban J connectivity index is 3.99. The van der Waals surface area contributed by atoms with E-state index in [0.717, 1.165) is 12.0 Å². The van der Waals surface area contributed by atoms with Gasteiger partial charge in [0, 0.05) is 4.88 Å². The summed E-state index contributed by atoms with van der Waals surface area (Å²) in [7, 11) is -1.80. The largest absolute Gasteiger partial charge is 0.466 e. The Bertz CT molecular complexity index is 734. The Kier molecular flexibility index (Phi) is 10.8. The number of rotatable bonds is 12. The molecule has 164 valence electrons. The predicted octanol–water partition coefficient (Wildman–Crippen LogP) is 4.00. The second kappa shape index (κ2) is 12.2. The molecule has 8 nitrogen and oxygen atoms in total. The molecule has 0 spiro atoms. The van der Waals surface area contributed by atoms with E-state index in [1.165, 1.54) is 18.4 Å². The predicted molar refractivity (Wildman–Crippen MR) is 112 cm³/mol. The molecular weight excluding hydrogens is 417 g/mol. The van der Waals surface area contributed by atoms with Crippen molar-refractivity contribution in [1.82, 2.24) is 4.90 Å². The molecule has 1 aromatic heterocycles. The van der Waals surface area contributed by atoms with Gasteiger partial charge in [0.15, 0.2) is 5.31 Å². The summed E-state index contributed by atoms with van der Waals surface area (Å²) in [6, 6.07) is 3.01. The molecule has 0 aliphatic carbocycles. The van der Waals surface area contributed by atoms with Crippen LogP contribution in [-0.4, -0.2) is 57.4 Å². The summed E-state index contributed by atoms with van der Waals surface area (Å²) in [5.74, 6) is -1.75. The first-order valence-corrected chi connectivity index (χ1v) is 11.8. The van der Waals surface area contributed by atoms with E-state index in [1.807, 2.05) is 36.3 Å². The summed E-state index contributed by atoms with van der Waals surface area (Å²) in [5, 5.41) is 1.43. The van der Waals surface area contributed by atoms with E-state index < -0.39 is 30.9 Å². The number of methoxy groups -OCH3 is 2. The van der Waals surface area contributed by atoms with Crippen molar-refractivity contribution in [2.75, 3.05) is 40.5 Å². The summed E-state index contributed by atoms with van der Waals surface area (Å²) in [6.07, 6.45) is 0. The van der Waals surface area contributed by atoms with Crippen molar-refractivity contribution >= 4 is 30.9 Å². The number of carbonyl (C=O) groups excluding carboxylic acids is 2. The van der Waals surface area contributed by atoms with Crippen LogP contribution in [0.1, 0.15) is 38.6 Å². The van der Waals surface area contributed by atoms with Crippen molar-refractivity contribution < 1.29 is 32.7 Å². The van der Waals surface area contributed by atoms with Crippen LogP contribution in [-0.2, 0) is 32.7 Å². The van der Waals surface area contributed by atoms with Crippen molar-refractivity contribution in [2.24, 2.45) is 0 Å². The first-order chi connectivity index (χ1) is 13.8. The van der Waals surface area contributed by atoms with Gasteiger partial charge in [-0.1, -0.05) is 19.9 Å². The lowest BCUT2D eigenvalue weighted by Gasteiger charge is -2.32. The molecule has 1 heterocycles. The fraction of sp³-hybridized carbons (Fsp3) is 0.579. The molecule has 0 aromatic carbocycles. The molecule has 0 fully saturated rings. The second-order valence-corrected chi connectivity index (χ2v) is 8.66. The van der Waals surface area contributed by atoms with Crippen LogP contribution in [0, 0.1) is 0 Å². The Morgan fingerprint density at radius 2 is 1.59 bits per heavy atom. The van der Waals surface area contributed by atoms with Crippen molar-refractivity contribution in [3.05, 3.63) is 33.3 Å². The average Bonchev–Trinajstić information content (AvgIpc) is 3.24. The highest BCUT2D eigenvalue weighted by Gasteiger charge is 2.45. The molecule has 0 saturated carbocycles. The molecule has 0 aliphatic heterocycles. The van der Waals surface area contributed by atoms with E-state index in [1.54, 1.807) is 13.8 Å². The van der Waals surface area contributed by atoms with Crippen molar-refractivity contribution in [1.29, 1.82) is 0 Å². The highest BCUT2D eigenvalue weighted by Crippen LogP contribution is 2.59. The number of hydrogen-bond acceptors (Lipinski definition) is 9. The van der Waals surface area contributed by atoms with Crippen LogP contribution >= 0.6 is 18.9 Å². The molecule has 29 heavy (non-hydrogen) atoms. The normalized spacial score (nSPS) is 13.8. The van der Waals surface area contributed by atoms with E-state index in [-0.39, 0.29) is 18.8 Å². The fourth-order valence-electron chi connectivity index (χ4n) is 2.96. The Labute approximate surface area is 176 Å². The minimum absolute atomic E-state index is 0.0150. The zero-order valence-electron chi connectivity index (χ0n) is 17.8. The van der Waals surface area contributed by atoms with E-state index >= 15 is 0 Å². The van der Waals surface area contributed by atoms with Crippen molar-refractivity contribution in [3.8, 4) is 0 Å². The molecular formula is C19H30NO7PS. The third kappa shape index (κ3) is 5.99. The van der Waals surface area contributed by atoms with Gasteiger partial charge in [-0.3, -0.25) is 9.46 Å². The van der Waals surface area contributed by atoms with Gasteiger partial charge in [-0.2, -0.15) is 0 Å². The summed E-state index contributed by atoms with van der Waals surface area (Å²) >= 11 is 1.41. The smallest absolute Gasteiger partial charge is 0.369 e. The molecule has 1 rings (SSSR count). The summed E-state index contributed by atoms with van der Waals surface area (Å²) in [4.78, 5) is 28.5. The number of carbonyl (C=O) groups is 2. The third-order valence-electron chi connectivity index (χ3n) is 4.17. The molecule has 1 atom stereocenters. The Morgan fingerprint density at radius 3 is 1.97 bits per heavy atom. The fourth-order valence-corrected chi connectivity index (χ4v) is 5.66. The van der Waals surface area contributed by atoms with Crippen LogP contribution in [0.4, 0.5) is 0 Å². The SMILES string of the molecule is CCOP(=O)(OCC)/C(C(=O)OC)=C(/C(=O)OC)C(c1cccs1)N(CC)CC. The quantitative estimate of drug-likeness (QED) is 0.270. The minimum Gasteiger partial charge on any atom is -0.466 e. The van der Waals surface area contributed by atoms with Crippen LogP contribution in [0.2, 0.25) is 0 Å². The van der Waals surface area contributed by atoms with Gasteiger partial charge in [0.05, 0.1) is 39.0 Å². The first-order valence-electron chi connectivity index (χ1n) is 9.42. The van der Waals surface area contributed by atoms with Gasteiger partial charge in [0.25, 0.3) is 0 Å². The van der Waals surface area contributed by atoms with Gasteiger partial charge >= 0.3 is 19.5 Å². The van der Waals surface area contributed by atoms with Crippen LogP contribution < -0.4 is 0 Å². The van der Waals surface area contributed by atoms with Gasteiger partial charge in [0.1, 0.15) is 0 Å². The standard InChI is InChI=1S/C19H30NO7PS/c1-7-20(8-2)16(14-12-11-13-29-14)15(18(21)24-5)17(19(22)25-6)28(23,26-9-3)27-10-4/h11-13,16H,7-10H2,1-6H3/b17-15+. The number of hydrogen-bond donors (Lipinski definition) is 0. The van der Waals surface area contributed by atoms with Gasteiger partial charge in [0.2, 0.25) is 0 Å². The molecule has 0 saturated heterocycles. The van der Waals surface area contributed by atoms with E-state index in [0.29, 0.717) is 13.1 Å². The van der Waals surface area contributed by atoms with E-state index in [2.05, 4.69) is 0 Å². The highest BCUT2D eigenvalue weighted by molar-refractivity contribution is 7.60. The van der Waals surface area contributed by atoms with Gasteiger partial charge < -0.3 is 18.5 Å². The lowest BCUT2D eigenvalue weighted by atomic mass is 10.0. The van der Waals surface area contributed by atoms with Crippen LogP contribution in [0.25, 0.3) is 0 Å². The molecule has 0 N–H and O–H groups in total. The average molecular weight is 447 g/mol. The number of likely N-dealkylation sites (N-methyl/N-ethyl adjacent to an activating group) is 1. The molecule has 0 radical (unpaired) electrons. The van der Waals surface area contributed by atoms with Gasteiger partial charge in [-0.15, -0.1) is 11.3 Å². The Morgan fingerprint density at radius 1 is 1.03 bits per heavy atom. The number of nitrogens with zero attached hydrogens (tertiary/aromatic N) is 1. The Hall–Kier alpha value is -1.51. The van der Waals surface area contributed by atoms with Gasteiger partial charge in [-0.05, 0) is 38.4 Å². The molecule has 1 aromatic rings. The van der Waals surface area contributed by atoms with Crippen LogP contribution in [0.3, 0.4) is 0 Å². The molecule has 10 heteroatoms. The maximum atomic E-state index is 13.6. The van der Waals surface area contributed by atoms with Crippen LogP contribution in [0.15, 0.2) is 28.4 Å². The summed E-state index contributed by atoms with van der Waals surface area (Å²) in [6.45, 7) is 8.29. The van der Waals surface area contributed by atoms with E-state index in [4.69, 9.17) is 18.5 Å². The zero-order valence-corrected chi connectivity index (χ0v) is 19.5. The maximum Gasteiger partial charge on any atom is 0.369 e. The topological polar surface area (TPSA) is 91.4 Å². The van der Waals surface area contributed by atoms with Crippen molar-refractivity contribution in [2.45, 2.75) is 33.7 Å². The minimum atomic E-state index is -4.16. The van der Waals surface area contributed by atoms with E-state index in [9.17, 15) is 14.2 Å². The lowest BCUT2D eigenvalue weighted by Crippen LogP contribution is -2.34. The summed E-state index contributed by atoms with van der Waals surface area (Å²) < 4.78 is 34.3. The van der Waals surface area contributed by atoms with Crippen LogP contribution in [0.5, 0.6) is 0 Å². The zero-order chi connectivity index (χ0) is 22.0. The third-order valence-corrected chi connectivity index (χ3v) is 7.27. The summed E-state index contributed by atoms with van der Waals surface area (Å²) in [5.41, 5.74) is -0.101. The maximum absolute atomic E-state index is 13.6. The molecule has 0 aliphatic rings. The molecule has 0 amide bonds. The second-order valence-electron chi connectivity index (χ2n) is 5.72. The van der Waals surface area contributed by atoms with Gasteiger partial charge in [-0.25, -0.2) is 9.59 Å². The highest BCUT2D eigenvalue weighted by atomic mass is 32.1. The number of esters is 2. The first kappa shape index (κ1) is 25.5. The number of ether oxygens (including phenoxy) is 2.